The van der Waals surface area contributed by atoms with Gasteiger partial charge in [-0.05, 0) is 43.9 Å². The molecule has 16 atom stereocenters. The van der Waals surface area contributed by atoms with Crippen molar-refractivity contribution in [1.82, 2.24) is 0 Å². The third-order valence-electron chi connectivity index (χ3n) is 12.7. The highest BCUT2D eigenvalue weighted by atomic mass is 32.2. The lowest BCUT2D eigenvalue weighted by Crippen LogP contribution is -2.64. The molecule has 0 aliphatic carbocycles. The van der Waals surface area contributed by atoms with Crippen LogP contribution in [0.4, 0.5) is 0 Å². The predicted octanol–water partition coefficient (Wildman–Crippen LogP) is 10.7. The molecular formula is C54H116O19S. The fourth-order valence-corrected chi connectivity index (χ4v) is 8.63. The number of aliphatic hydroxyl groups excluding tert-OH is 6. The molecule has 452 valence electrons. The Hall–Kier alpha value is -1.76. The van der Waals surface area contributed by atoms with Gasteiger partial charge in [-0.25, -0.2) is 5.26 Å². The van der Waals surface area contributed by atoms with Gasteiger partial charge in [0.25, 0.3) is 0 Å². The van der Waals surface area contributed by atoms with Crippen LogP contribution in [-0.2, 0) is 56.4 Å². The van der Waals surface area contributed by atoms with E-state index in [9.17, 15) is 45.0 Å². The normalized spacial score (nSPS) is 25.4. The molecule has 0 spiro atoms. The van der Waals surface area contributed by atoms with Gasteiger partial charge < -0.3 is 59.1 Å². The van der Waals surface area contributed by atoms with Gasteiger partial charge in [-0.2, -0.15) is 0 Å². The Labute approximate surface area is 455 Å². The molecule has 0 aromatic rings. The average Bonchev–Trinajstić information content (AvgIpc) is 3.30. The summed E-state index contributed by atoms with van der Waals surface area (Å²) in [6, 6.07) is 0. The summed E-state index contributed by atoms with van der Waals surface area (Å²) < 4.78 is 44.4. The topological polar surface area (TPSA) is 276 Å². The van der Waals surface area contributed by atoms with Gasteiger partial charge in [-0.15, -0.1) is 4.33 Å². The zero-order chi connectivity index (χ0) is 49.2. The number of hydrogen-bond donors (Lipinski definition) is 7. The van der Waals surface area contributed by atoms with Crippen molar-refractivity contribution in [3.63, 3.8) is 0 Å². The van der Waals surface area contributed by atoms with Crippen molar-refractivity contribution >= 4 is 30.2 Å². The lowest BCUT2D eigenvalue weighted by Gasteiger charge is -2.46. The first-order valence-electron chi connectivity index (χ1n) is 24.4. The number of esters is 3. The molecule has 20 heteroatoms. The second kappa shape index (κ2) is 48.4. The number of unbranched alkanes of at least 4 members (excludes halogenated alkanes) is 12. The number of carbonyl (C=O) groups is 3. The molecule has 0 aromatic carbocycles. The summed E-state index contributed by atoms with van der Waals surface area (Å²) in [5, 5.41) is 77.7. The molecular weight excluding hydrogens is 985 g/mol. The lowest BCUT2D eigenvalue weighted by molar-refractivity contribution is -0.435. The van der Waals surface area contributed by atoms with Gasteiger partial charge in [0.05, 0.1) is 24.0 Å². The molecule has 2 aliphatic heterocycles. The molecule has 0 radical (unpaired) electrons. The van der Waals surface area contributed by atoms with Crippen molar-refractivity contribution in [3.8, 4) is 0 Å². The van der Waals surface area contributed by atoms with Gasteiger partial charge in [0.15, 0.2) is 30.8 Å². The molecule has 0 bridgehead atoms. The highest BCUT2D eigenvalue weighted by molar-refractivity contribution is 7.89. The first-order valence-corrected chi connectivity index (χ1v) is 25.0. The Morgan fingerprint density at radius 2 is 0.905 bits per heavy atom. The van der Waals surface area contributed by atoms with Crippen molar-refractivity contribution < 1.29 is 92.3 Å². The third kappa shape index (κ3) is 31.0. The Morgan fingerprint density at radius 1 is 0.541 bits per heavy atom. The molecule has 19 nitrogen and oxygen atoms in total. The van der Waals surface area contributed by atoms with E-state index in [0.717, 1.165) is 25.7 Å². The van der Waals surface area contributed by atoms with E-state index in [1.165, 1.54) is 51.4 Å². The van der Waals surface area contributed by atoms with Crippen LogP contribution in [0.1, 0.15) is 223 Å². The van der Waals surface area contributed by atoms with Gasteiger partial charge >= 0.3 is 17.9 Å². The standard InChI is InChI=1S/C46H84O19S.8CH4/c1-8-11-12-13-14-15-16-17-18-19-20-21-22-23-36(49)61-41-39(52)37(50)34(26-57-43(54)30(6)24-28(4)32(47)9-2)59-45(41)62-46-42(63-66-65-64-56)40(53)38(51)35(60-46)27-58-44(55)31(7)25-29(5)33(48)10-3;;;;;;;;/h28-35,37-42,45-48,50-53,56H,8-27H2,1-7H3;8*1H4. The molecule has 2 rings (SSSR count). The average molecular weight is 1100 g/mol. The number of hydrogen-bond acceptors (Lipinski definition) is 20. The minimum atomic E-state index is -1.87. The smallest absolute Gasteiger partial charge is 0.308 e. The minimum absolute atomic E-state index is 0. The first-order chi connectivity index (χ1) is 31.5. The van der Waals surface area contributed by atoms with Crippen LogP contribution in [-0.4, -0.2) is 141 Å². The monoisotopic (exact) mass is 1100 g/mol. The van der Waals surface area contributed by atoms with E-state index in [1.807, 2.05) is 20.8 Å². The van der Waals surface area contributed by atoms with Gasteiger partial charge in [0.2, 0.25) is 6.29 Å². The predicted molar refractivity (Wildman–Crippen MR) is 294 cm³/mol. The molecule has 2 aliphatic rings. The molecule has 2 saturated heterocycles. The van der Waals surface area contributed by atoms with Crippen LogP contribution in [0.2, 0.25) is 0 Å². The van der Waals surface area contributed by atoms with Crippen molar-refractivity contribution in [2.75, 3.05) is 13.2 Å². The molecule has 2 fully saturated rings. The summed E-state index contributed by atoms with van der Waals surface area (Å²) >= 11 is 0.0229. The van der Waals surface area contributed by atoms with Crippen LogP contribution in [0.3, 0.4) is 0 Å². The molecule has 2 heterocycles. The molecule has 0 aromatic heterocycles. The van der Waals surface area contributed by atoms with E-state index in [2.05, 4.69) is 16.3 Å². The molecule has 0 saturated carbocycles. The second-order valence-corrected chi connectivity index (χ2v) is 18.8. The summed E-state index contributed by atoms with van der Waals surface area (Å²) in [4.78, 5) is 39.3. The van der Waals surface area contributed by atoms with Crippen LogP contribution < -0.4 is 0 Å². The Kier molecular flexibility index (Phi) is 56.3. The Balaban J connectivity index is -0.00000112. The van der Waals surface area contributed by atoms with Crippen LogP contribution in [0.15, 0.2) is 0 Å². The fraction of sp³-hybridized carbons (Fsp3) is 0.944. The molecule has 74 heavy (non-hydrogen) atoms. The van der Waals surface area contributed by atoms with Gasteiger partial charge in [0.1, 0.15) is 49.8 Å². The zero-order valence-corrected chi connectivity index (χ0v) is 41.1. The van der Waals surface area contributed by atoms with Crippen molar-refractivity contribution in [2.45, 2.75) is 297 Å². The number of ether oxygens (including phenoxy) is 6. The number of aliphatic hydroxyl groups is 6. The van der Waals surface area contributed by atoms with Gasteiger partial charge in [0, 0.05) is 6.42 Å². The summed E-state index contributed by atoms with van der Waals surface area (Å²) in [7, 11) is 0. The third-order valence-corrected chi connectivity index (χ3v) is 13.1. The van der Waals surface area contributed by atoms with Crippen LogP contribution in [0.25, 0.3) is 0 Å². The molecule has 7 N–H and O–H groups in total. The van der Waals surface area contributed by atoms with E-state index in [4.69, 9.17) is 37.9 Å². The fourth-order valence-electron chi connectivity index (χ4n) is 8.28. The number of rotatable bonds is 35. The first kappa shape index (κ1) is 86.1. The largest absolute Gasteiger partial charge is 0.463 e. The van der Waals surface area contributed by atoms with E-state index in [1.54, 1.807) is 20.8 Å². The van der Waals surface area contributed by atoms with Crippen LogP contribution >= 0.6 is 12.3 Å². The van der Waals surface area contributed by atoms with Crippen LogP contribution in [0, 0.1) is 23.7 Å². The highest BCUT2D eigenvalue weighted by Gasteiger charge is 2.53. The maximum atomic E-state index is 13.3. The quantitative estimate of drug-likeness (QED) is 0.00776. The SMILES string of the molecule is C.C.C.C.C.C.C.C.CCCCCCCCCCCCCCCC(=O)OC1C(OC2OC(COC(=O)C(C)CC(C)C(O)CC)C(O)C(O)C2OSOOO)OC(COC(=O)C(C)CC(C)C(O)CC)C(O)C1O. The zero-order valence-electron chi connectivity index (χ0n) is 40.3. The Morgan fingerprint density at radius 3 is 1.28 bits per heavy atom. The molecule has 0 amide bonds. The minimum Gasteiger partial charge on any atom is -0.463 e. The highest BCUT2D eigenvalue weighted by Crippen LogP contribution is 2.33. The summed E-state index contributed by atoms with van der Waals surface area (Å²) in [6.45, 7) is 11.5. The summed E-state index contributed by atoms with van der Waals surface area (Å²) in [5.74, 6) is -3.79. The lowest BCUT2D eigenvalue weighted by atomic mass is 9.92. The van der Waals surface area contributed by atoms with E-state index in [-0.39, 0.29) is 90.0 Å². The van der Waals surface area contributed by atoms with Crippen LogP contribution in [0.5, 0.6) is 0 Å². The Bertz CT molecular complexity index is 1320. The summed E-state index contributed by atoms with van der Waals surface area (Å²) in [6.07, 6.45) is -2.48. The van der Waals surface area contributed by atoms with E-state index >= 15 is 0 Å². The summed E-state index contributed by atoms with van der Waals surface area (Å²) in [5.41, 5.74) is 0. The van der Waals surface area contributed by atoms with Crippen molar-refractivity contribution in [2.24, 2.45) is 23.7 Å². The maximum absolute atomic E-state index is 13.3. The van der Waals surface area contributed by atoms with Crippen molar-refractivity contribution in [1.29, 1.82) is 0 Å². The van der Waals surface area contributed by atoms with Gasteiger partial charge in [-0.1, -0.05) is 190 Å². The molecule has 16 unspecified atom stereocenters. The van der Waals surface area contributed by atoms with E-state index in [0.29, 0.717) is 32.1 Å². The second-order valence-electron chi connectivity index (χ2n) is 18.3. The maximum Gasteiger partial charge on any atom is 0.308 e. The van der Waals surface area contributed by atoms with Crippen molar-refractivity contribution in [3.05, 3.63) is 0 Å². The van der Waals surface area contributed by atoms with Gasteiger partial charge in [-0.3, -0.25) is 18.6 Å². The van der Waals surface area contributed by atoms with E-state index < -0.39 is 117 Å². The number of carbonyl (C=O) groups excluding carboxylic acids is 3.